The van der Waals surface area contributed by atoms with Crippen molar-refractivity contribution in [1.29, 1.82) is 0 Å². The Bertz CT molecular complexity index is 1560. The van der Waals surface area contributed by atoms with E-state index in [0.717, 1.165) is 22.7 Å². The number of hydrogen-bond acceptors (Lipinski definition) is 4. The van der Waals surface area contributed by atoms with Gasteiger partial charge >= 0.3 is 0 Å². The number of halogens is 2. The average molecular weight is 462 g/mol. The van der Waals surface area contributed by atoms with Crippen molar-refractivity contribution < 1.29 is 13.6 Å². The molecule has 0 fully saturated rings. The Morgan fingerprint density at radius 2 is 1.73 bits per heavy atom. The van der Waals surface area contributed by atoms with Gasteiger partial charge in [-0.2, -0.15) is 0 Å². The molecular formula is C24H16F2N4O2S. The normalized spacial score (nSPS) is 11.2. The van der Waals surface area contributed by atoms with E-state index in [0.29, 0.717) is 11.2 Å². The van der Waals surface area contributed by atoms with Crippen LogP contribution < -0.4 is 10.9 Å². The van der Waals surface area contributed by atoms with E-state index in [-0.39, 0.29) is 28.0 Å². The van der Waals surface area contributed by atoms with E-state index in [4.69, 9.17) is 0 Å². The molecule has 3 aromatic carbocycles. The van der Waals surface area contributed by atoms with Gasteiger partial charge in [-0.15, -0.1) is 0 Å². The zero-order chi connectivity index (χ0) is 22.9. The summed E-state index contributed by atoms with van der Waals surface area (Å²) in [6.07, 6.45) is 0. The van der Waals surface area contributed by atoms with Crippen molar-refractivity contribution in [3.05, 3.63) is 94.8 Å². The Balaban J connectivity index is 1.57. The maximum absolute atomic E-state index is 14.6. The molecule has 0 atom stereocenters. The minimum absolute atomic E-state index is 0.0389. The monoisotopic (exact) mass is 462 g/mol. The van der Waals surface area contributed by atoms with Crippen molar-refractivity contribution in [2.24, 2.45) is 0 Å². The second-order valence-corrected chi connectivity index (χ2v) is 8.17. The fourth-order valence-electron chi connectivity index (χ4n) is 3.55. The van der Waals surface area contributed by atoms with Crippen LogP contribution in [0.4, 0.5) is 14.5 Å². The molecule has 0 aliphatic heterocycles. The highest BCUT2D eigenvalue weighted by atomic mass is 32.2. The summed E-state index contributed by atoms with van der Waals surface area (Å²) in [5.74, 6) is -1.46. The van der Waals surface area contributed by atoms with E-state index in [2.05, 4.69) is 15.3 Å². The van der Waals surface area contributed by atoms with E-state index >= 15 is 0 Å². The molecule has 2 aromatic heterocycles. The van der Waals surface area contributed by atoms with Gasteiger partial charge in [0.15, 0.2) is 5.16 Å². The van der Waals surface area contributed by atoms with E-state index in [1.54, 1.807) is 6.07 Å². The number of aromatic amines is 1. The lowest BCUT2D eigenvalue weighted by Crippen LogP contribution is -2.23. The smallest absolute Gasteiger partial charge is 0.283 e. The Morgan fingerprint density at radius 3 is 2.52 bits per heavy atom. The summed E-state index contributed by atoms with van der Waals surface area (Å²) in [7, 11) is 0. The van der Waals surface area contributed by atoms with Crippen LogP contribution in [0.2, 0.25) is 0 Å². The molecule has 0 unspecified atom stereocenters. The molecule has 6 nitrogen and oxygen atoms in total. The first-order chi connectivity index (χ1) is 16.0. The quantitative estimate of drug-likeness (QED) is 0.288. The van der Waals surface area contributed by atoms with Gasteiger partial charge in [-0.3, -0.25) is 14.2 Å². The van der Waals surface area contributed by atoms with Gasteiger partial charge in [-0.1, -0.05) is 42.1 Å². The summed E-state index contributed by atoms with van der Waals surface area (Å²) in [5.41, 5.74) is 1.44. The van der Waals surface area contributed by atoms with Crippen LogP contribution in [0.1, 0.15) is 0 Å². The summed E-state index contributed by atoms with van der Waals surface area (Å²) >= 11 is 1.01. The van der Waals surface area contributed by atoms with Crippen LogP contribution in [0.25, 0.3) is 27.6 Å². The number of carbonyl (C=O) groups is 1. The maximum Gasteiger partial charge on any atom is 0.283 e. The number of amides is 1. The predicted octanol–water partition coefficient (Wildman–Crippen LogP) is 4.88. The molecule has 1 amide bonds. The number of hydrogen-bond donors (Lipinski definition) is 2. The molecule has 2 heterocycles. The van der Waals surface area contributed by atoms with Crippen LogP contribution in [0.5, 0.6) is 0 Å². The number of carbonyl (C=O) groups excluding carboxylic acids is 1. The third-order valence-corrected chi connectivity index (χ3v) is 5.99. The van der Waals surface area contributed by atoms with E-state index in [1.165, 1.54) is 47.0 Å². The molecule has 9 heteroatoms. The second kappa shape index (κ2) is 8.51. The number of nitrogens with zero attached hydrogens (tertiary/aromatic N) is 2. The van der Waals surface area contributed by atoms with Crippen LogP contribution in [-0.2, 0) is 4.79 Å². The van der Waals surface area contributed by atoms with Crippen molar-refractivity contribution >= 4 is 45.3 Å². The number of nitrogens with one attached hydrogen (secondary N) is 2. The zero-order valence-corrected chi connectivity index (χ0v) is 17.8. The van der Waals surface area contributed by atoms with Gasteiger partial charge in [0.25, 0.3) is 5.56 Å². The molecule has 33 heavy (non-hydrogen) atoms. The molecule has 2 N–H and O–H groups in total. The Labute approximate surface area is 190 Å². The SMILES string of the molecule is O=C(CSc1nc2c([nH]c3ccccc32)c(=O)n1-c1ccccc1F)Nc1ccc(F)cc1. The Kier molecular flexibility index (Phi) is 5.39. The third-order valence-electron chi connectivity index (χ3n) is 5.05. The van der Waals surface area contributed by atoms with Crippen LogP contribution in [-0.4, -0.2) is 26.2 Å². The molecule has 164 valence electrons. The number of H-pyrrole nitrogens is 1. The average Bonchev–Trinajstić information content (AvgIpc) is 3.19. The lowest BCUT2D eigenvalue weighted by molar-refractivity contribution is -0.113. The summed E-state index contributed by atoms with van der Waals surface area (Å²) in [4.78, 5) is 33.6. The van der Waals surface area contributed by atoms with E-state index in [9.17, 15) is 18.4 Å². The van der Waals surface area contributed by atoms with Gasteiger partial charge in [0.05, 0.1) is 11.4 Å². The lowest BCUT2D eigenvalue weighted by atomic mass is 10.2. The molecule has 0 bridgehead atoms. The van der Waals surface area contributed by atoms with Gasteiger partial charge in [-0.25, -0.2) is 13.8 Å². The first-order valence-electron chi connectivity index (χ1n) is 9.98. The number of fused-ring (bicyclic) bond motifs is 3. The zero-order valence-electron chi connectivity index (χ0n) is 17.0. The highest BCUT2D eigenvalue weighted by Crippen LogP contribution is 2.27. The molecule has 5 aromatic rings. The largest absolute Gasteiger partial charge is 0.349 e. The van der Waals surface area contributed by atoms with Crippen LogP contribution in [0.15, 0.2) is 82.7 Å². The van der Waals surface area contributed by atoms with Crippen molar-refractivity contribution in [2.75, 3.05) is 11.1 Å². The van der Waals surface area contributed by atoms with Gasteiger partial charge < -0.3 is 10.3 Å². The fourth-order valence-corrected chi connectivity index (χ4v) is 4.34. The molecule has 0 saturated carbocycles. The van der Waals surface area contributed by atoms with Crippen molar-refractivity contribution in [3.63, 3.8) is 0 Å². The van der Waals surface area contributed by atoms with Gasteiger partial charge in [-0.05, 0) is 42.5 Å². The Morgan fingerprint density at radius 1 is 1.00 bits per heavy atom. The number of para-hydroxylation sites is 2. The van der Waals surface area contributed by atoms with Crippen LogP contribution in [0.3, 0.4) is 0 Å². The number of rotatable bonds is 5. The first kappa shape index (κ1) is 20.9. The number of benzene rings is 3. The standard InChI is InChI=1S/C24H16F2N4O2S/c25-14-9-11-15(12-10-14)27-20(31)13-33-24-29-21-16-5-1-3-7-18(16)28-22(21)23(32)30(24)19-8-4-2-6-17(19)26/h1-12,28H,13H2,(H,27,31). The predicted molar refractivity (Wildman–Crippen MR) is 125 cm³/mol. The third kappa shape index (κ3) is 3.98. The maximum atomic E-state index is 14.6. The topological polar surface area (TPSA) is 79.8 Å². The summed E-state index contributed by atoms with van der Waals surface area (Å²) < 4.78 is 28.9. The number of anilines is 1. The highest BCUT2D eigenvalue weighted by molar-refractivity contribution is 7.99. The lowest BCUT2D eigenvalue weighted by Gasteiger charge is -2.13. The molecular weight excluding hydrogens is 446 g/mol. The minimum Gasteiger partial charge on any atom is -0.349 e. The fraction of sp³-hybridized carbons (Fsp3) is 0.0417. The summed E-state index contributed by atoms with van der Waals surface area (Å²) in [6, 6.07) is 18.6. The second-order valence-electron chi connectivity index (χ2n) is 7.22. The number of thioether (sulfide) groups is 1. The first-order valence-corrected chi connectivity index (χ1v) is 11.0. The van der Waals surface area contributed by atoms with Gasteiger partial charge in [0, 0.05) is 16.6 Å². The molecule has 0 radical (unpaired) electrons. The van der Waals surface area contributed by atoms with Crippen LogP contribution >= 0.6 is 11.8 Å². The van der Waals surface area contributed by atoms with E-state index in [1.807, 2.05) is 24.3 Å². The van der Waals surface area contributed by atoms with Gasteiger partial charge in [0.1, 0.15) is 22.7 Å². The minimum atomic E-state index is -0.588. The Hall–Kier alpha value is -3.98. The molecule has 0 saturated heterocycles. The van der Waals surface area contributed by atoms with Crippen molar-refractivity contribution in [3.8, 4) is 5.69 Å². The van der Waals surface area contributed by atoms with Crippen molar-refractivity contribution in [2.45, 2.75) is 5.16 Å². The number of aromatic nitrogens is 3. The molecule has 0 aliphatic rings. The summed E-state index contributed by atoms with van der Waals surface area (Å²) in [6.45, 7) is 0. The highest BCUT2D eigenvalue weighted by Gasteiger charge is 2.19. The van der Waals surface area contributed by atoms with Gasteiger partial charge in [0.2, 0.25) is 5.91 Å². The molecule has 0 spiro atoms. The van der Waals surface area contributed by atoms with Crippen molar-refractivity contribution in [1.82, 2.24) is 14.5 Å². The van der Waals surface area contributed by atoms with E-state index < -0.39 is 17.2 Å². The van der Waals surface area contributed by atoms with Crippen LogP contribution in [0, 0.1) is 11.6 Å². The molecule has 0 aliphatic carbocycles. The summed E-state index contributed by atoms with van der Waals surface area (Å²) in [5, 5.41) is 3.59. The molecule has 5 rings (SSSR count).